The molecule has 2 heterocycles. The molecule has 0 unspecified atom stereocenters. The quantitative estimate of drug-likeness (QED) is 0.883. The number of nitrogens with zero attached hydrogens (tertiary/aromatic N) is 3. The van der Waals surface area contributed by atoms with Crippen LogP contribution >= 0.6 is 0 Å². The van der Waals surface area contributed by atoms with E-state index in [1.165, 1.54) is 18.8 Å². The molecule has 1 aliphatic rings. The largest absolute Gasteiger partial charge is 0.511 e. The smallest absolute Gasteiger partial charge is 0.303 e. The average molecular weight is 317 g/mol. The van der Waals surface area contributed by atoms with E-state index in [-0.39, 0.29) is 35.2 Å². The third-order valence-electron chi connectivity index (χ3n) is 4.43. The van der Waals surface area contributed by atoms with E-state index in [4.69, 9.17) is 5.11 Å². The van der Waals surface area contributed by atoms with Crippen LogP contribution in [0.4, 0.5) is 0 Å². The Hall–Kier alpha value is -2.44. The van der Waals surface area contributed by atoms with Gasteiger partial charge in [0, 0.05) is 18.4 Å². The van der Waals surface area contributed by atoms with Gasteiger partial charge in [0.05, 0.1) is 12.1 Å². The summed E-state index contributed by atoms with van der Waals surface area (Å²) in [6.45, 7) is 0. The first kappa shape index (κ1) is 15.5. The van der Waals surface area contributed by atoms with Gasteiger partial charge in [-0.05, 0) is 12.8 Å². The number of aliphatic carboxylic acids is 1. The number of carboxylic acid groups (broad SMARTS) is 1. The lowest BCUT2D eigenvalue weighted by molar-refractivity contribution is -0.136. The Morgan fingerprint density at radius 1 is 1.22 bits per heavy atom. The molecule has 122 valence electrons. The molecule has 0 saturated heterocycles. The van der Waals surface area contributed by atoms with E-state index in [1.54, 1.807) is 4.52 Å². The number of hydrogen-bond acceptors (Lipinski definition) is 5. The Labute approximate surface area is 132 Å². The lowest BCUT2D eigenvalue weighted by Gasteiger charge is -2.22. The van der Waals surface area contributed by atoms with Crippen molar-refractivity contribution in [1.29, 1.82) is 0 Å². The van der Waals surface area contributed by atoms with Crippen molar-refractivity contribution in [3.63, 3.8) is 0 Å². The summed E-state index contributed by atoms with van der Waals surface area (Å²) in [5.74, 6) is -0.998. The summed E-state index contributed by atoms with van der Waals surface area (Å²) in [6, 6.07) is 1.52. The zero-order valence-corrected chi connectivity index (χ0v) is 12.7. The third kappa shape index (κ3) is 3.04. The van der Waals surface area contributed by atoms with Crippen molar-refractivity contribution in [2.45, 2.75) is 50.9 Å². The highest BCUT2D eigenvalue weighted by Crippen LogP contribution is 2.31. The minimum atomic E-state index is -1.03. The fourth-order valence-electron chi connectivity index (χ4n) is 3.29. The van der Waals surface area contributed by atoms with E-state index in [1.807, 2.05) is 0 Å². The van der Waals surface area contributed by atoms with Crippen molar-refractivity contribution in [1.82, 2.24) is 14.6 Å². The lowest BCUT2D eigenvalue weighted by atomic mass is 9.86. The molecule has 1 fully saturated rings. The van der Waals surface area contributed by atoms with Crippen LogP contribution in [-0.2, 0) is 4.79 Å². The SMILES string of the molecule is O=C(O)CCC(O)=c1c(=O)cc(C2CCCCC2)n2ncnc12. The van der Waals surface area contributed by atoms with Crippen LogP contribution in [0.25, 0.3) is 11.4 Å². The lowest BCUT2D eigenvalue weighted by Crippen LogP contribution is -2.31. The highest BCUT2D eigenvalue weighted by atomic mass is 16.4. The number of hydrogen-bond donors (Lipinski definition) is 2. The molecule has 0 spiro atoms. The van der Waals surface area contributed by atoms with Crippen LogP contribution in [0.15, 0.2) is 17.2 Å². The summed E-state index contributed by atoms with van der Waals surface area (Å²) in [5, 5.41) is 23.1. The van der Waals surface area contributed by atoms with Crippen molar-refractivity contribution in [3.8, 4) is 0 Å². The minimum Gasteiger partial charge on any atom is -0.511 e. The van der Waals surface area contributed by atoms with Gasteiger partial charge in [0.2, 0.25) is 0 Å². The van der Waals surface area contributed by atoms with Gasteiger partial charge in [-0.2, -0.15) is 5.10 Å². The molecule has 0 aliphatic heterocycles. The summed E-state index contributed by atoms with van der Waals surface area (Å²) < 4.78 is 1.61. The van der Waals surface area contributed by atoms with Crippen LogP contribution < -0.4 is 10.6 Å². The molecular weight excluding hydrogens is 298 g/mol. The molecule has 0 bridgehead atoms. The molecule has 1 aliphatic carbocycles. The second kappa shape index (κ2) is 6.36. The number of aliphatic hydroxyl groups is 1. The van der Waals surface area contributed by atoms with Gasteiger partial charge in [-0.1, -0.05) is 19.3 Å². The molecule has 7 nitrogen and oxygen atoms in total. The second-order valence-corrected chi connectivity index (χ2v) is 5.98. The molecule has 7 heteroatoms. The van der Waals surface area contributed by atoms with Crippen molar-refractivity contribution in [2.24, 2.45) is 0 Å². The van der Waals surface area contributed by atoms with E-state index >= 15 is 0 Å². The molecule has 2 aromatic heterocycles. The maximum absolute atomic E-state index is 12.5. The third-order valence-corrected chi connectivity index (χ3v) is 4.43. The molecule has 1 saturated carbocycles. The van der Waals surface area contributed by atoms with Crippen LogP contribution in [0, 0.1) is 0 Å². The Morgan fingerprint density at radius 2 is 1.96 bits per heavy atom. The summed E-state index contributed by atoms with van der Waals surface area (Å²) in [6.07, 6.45) is 6.52. The summed E-state index contributed by atoms with van der Waals surface area (Å²) >= 11 is 0. The Morgan fingerprint density at radius 3 is 2.65 bits per heavy atom. The fraction of sp³-hybridized carbons (Fsp3) is 0.500. The van der Waals surface area contributed by atoms with Crippen LogP contribution in [0.3, 0.4) is 0 Å². The van der Waals surface area contributed by atoms with Crippen molar-refractivity contribution >= 4 is 17.4 Å². The van der Waals surface area contributed by atoms with Gasteiger partial charge < -0.3 is 10.2 Å². The Kier molecular flexibility index (Phi) is 4.27. The molecule has 23 heavy (non-hydrogen) atoms. The van der Waals surface area contributed by atoms with Crippen molar-refractivity contribution < 1.29 is 15.0 Å². The first-order valence-electron chi connectivity index (χ1n) is 7.88. The number of fused-ring (bicyclic) bond motifs is 1. The highest BCUT2D eigenvalue weighted by Gasteiger charge is 2.21. The monoisotopic (exact) mass is 317 g/mol. The van der Waals surface area contributed by atoms with Gasteiger partial charge in [-0.3, -0.25) is 9.59 Å². The first-order valence-corrected chi connectivity index (χ1v) is 7.88. The summed E-state index contributed by atoms with van der Waals surface area (Å²) in [4.78, 5) is 27.2. The van der Waals surface area contributed by atoms with Crippen molar-refractivity contribution in [2.75, 3.05) is 0 Å². The summed E-state index contributed by atoms with van der Waals surface area (Å²) in [7, 11) is 0. The maximum atomic E-state index is 12.5. The molecular formula is C16H19N3O4. The van der Waals surface area contributed by atoms with Gasteiger partial charge in [0.15, 0.2) is 11.1 Å². The van der Waals surface area contributed by atoms with Gasteiger partial charge in [-0.15, -0.1) is 0 Å². The first-order chi connectivity index (χ1) is 11.1. The predicted molar refractivity (Wildman–Crippen MR) is 83.2 cm³/mol. The van der Waals surface area contributed by atoms with Gasteiger partial charge in [0.25, 0.3) is 0 Å². The van der Waals surface area contributed by atoms with E-state index in [9.17, 15) is 14.7 Å². The van der Waals surface area contributed by atoms with Crippen LogP contribution in [0.1, 0.15) is 56.6 Å². The van der Waals surface area contributed by atoms with Crippen LogP contribution in [0.2, 0.25) is 0 Å². The Balaban J connectivity index is 2.13. The van der Waals surface area contributed by atoms with Crippen LogP contribution in [0.5, 0.6) is 0 Å². The number of aromatic nitrogens is 3. The fourth-order valence-corrected chi connectivity index (χ4v) is 3.29. The van der Waals surface area contributed by atoms with Crippen LogP contribution in [-0.4, -0.2) is 30.8 Å². The molecule has 0 radical (unpaired) electrons. The predicted octanol–water partition coefficient (Wildman–Crippen LogP) is 1.39. The van der Waals surface area contributed by atoms with E-state index < -0.39 is 5.97 Å². The van der Waals surface area contributed by atoms with Crippen molar-refractivity contribution in [3.05, 3.63) is 33.5 Å². The highest BCUT2D eigenvalue weighted by molar-refractivity contribution is 5.68. The molecule has 0 atom stereocenters. The van der Waals surface area contributed by atoms with Gasteiger partial charge >= 0.3 is 5.97 Å². The molecule has 0 amide bonds. The molecule has 2 aromatic rings. The molecule has 0 aromatic carbocycles. The van der Waals surface area contributed by atoms with Gasteiger partial charge in [0.1, 0.15) is 17.3 Å². The zero-order valence-electron chi connectivity index (χ0n) is 12.7. The standard InChI is InChI=1S/C16H19N3O4/c20-12(6-7-14(22)23)15-13(21)8-11(10-4-2-1-3-5-10)19-16(15)17-9-18-19/h8-10,20H,1-7H2,(H,22,23). The van der Waals surface area contributed by atoms with E-state index in [0.29, 0.717) is 5.65 Å². The molecule has 2 N–H and O–H groups in total. The molecule has 3 rings (SSSR count). The maximum Gasteiger partial charge on any atom is 0.303 e. The average Bonchev–Trinajstić information content (AvgIpc) is 3.01. The zero-order chi connectivity index (χ0) is 16.4. The number of carboxylic acids is 1. The number of rotatable bonds is 4. The van der Waals surface area contributed by atoms with E-state index in [0.717, 1.165) is 31.4 Å². The number of carbonyl (C=O) groups is 1. The van der Waals surface area contributed by atoms with Gasteiger partial charge in [-0.25, -0.2) is 9.50 Å². The second-order valence-electron chi connectivity index (χ2n) is 5.98. The minimum absolute atomic E-state index is 0.0586. The van der Waals surface area contributed by atoms with E-state index in [2.05, 4.69) is 10.1 Å². The topological polar surface area (TPSA) is 105 Å². The normalized spacial score (nSPS) is 17.4. The Bertz CT molecular complexity index is 837. The number of pyridine rings is 1. The number of aliphatic hydroxyl groups excluding tert-OH is 1. The summed E-state index contributed by atoms with van der Waals surface area (Å²) in [5.41, 5.74) is 0.812.